The van der Waals surface area contributed by atoms with E-state index in [4.69, 9.17) is 0 Å². The van der Waals surface area contributed by atoms with Crippen LogP contribution in [0.2, 0.25) is 0 Å². The van der Waals surface area contributed by atoms with E-state index in [0.717, 1.165) is 12.5 Å². The van der Waals surface area contributed by atoms with Crippen molar-refractivity contribution < 1.29 is 9.53 Å². The Morgan fingerprint density at radius 1 is 1.44 bits per heavy atom. The topological polar surface area (TPSA) is 38.3 Å². The first-order valence-corrected chi connectivity index (χ1v) is 6.13. The van der Waals surface area contributed by atoms with Crippen molar-refractivity contribution in [2.75, 3.05) is 13.7 Å². The second kappa shape index (κ2) is 6.69. The van der Waals surface area contributed by atoms with Crippen molar-refractivity contribution in [3.8, 4) is 0 Å². The molecule has 3 nitrogen and oxygen atoms in total. The normalized spacial score (nSPS) is 26.6. The lowest BCUT2D eigenvalue weighted by Crippen LogP contribution is -2.37. The number of hydrogen-bond acceptors (Lipinski definition) is 3. The van der Waals surface area contributed by atoms with E-state index in [1.165, 1.54) is 32.8 Å². The molecule has 1 N–H and O–H groups in total. The summed E-state index contributed by atoms with van der Waals surface area (Å²) in [5, 5.41) is 3.50. The molecular formula is C13H23NO2. The van der Waals surface area contributed by atoms with Gasteiger partial charge < -0.3 is 10.1 Å². The van der Waals surface area contributed by atoms with Crippen molar-refractivity contribution in [3.63, 3.8) is 0 Å². The molecular weight excluding hydrogens is 202 g/mol. The minimum atomic E-state index is -0.238. The Hall–Kier alpha value is -0.830. The number of rotatable bonds is 4. The minimum Gasteiger partial charge on any atom is -0.466 e. The van der Waals surface area contributed by atoms with Crippen molar-refractivity contribution in [3.05, 3.63) is 11.6 Å². The van der Waals surface area contributed by atoms with Crippen molar-refractivity contribution in [2.24, 2.45) is 5.92 Å². The van der Waals surface area contributed by atoms with Crippen LogP contribution in [0.4, 0.5) is 0 Å². The van der Waals surface area contributed by atoms with Crippen LogP contribution in [-0.2, 0) is 9.53 Å². The minimum absolute atomic E-state index is 0.238. The second-order valence-corrected chi connectivity index (χ2v) is 4.66. The summed E-state index contributed by atoms with van der Waals surface area (Å²) in [6, 6.07) is 0.607. The van der Waals surface area contributed by atoms with Crippen LogP contribution in [0.25, 0.3) is 0 Å². The number of nitrogens with one attached hydrogen (secondary N) is 1. The molecule has 0 aromatic heterocycles. The van der Waals surface area contributed by atoms with Crippen molar-refractivity contribution in [2.45, 2.75) is 45.6 Å². The van der Waals surface area contributed by atoms with Crippen molar-refractivity contribution in [1.29, 1.82) is 0 Å². The van der Waals surface area contributed by atoms with Gasteiger partial charge in [-0.2, -0.15) is 0 Å². The van der Waals surface area contributed by atoms with Gasteiger partial charge in [0.25, 0.3) is 0 Å². The van der Waals surface area contributed by atoms with E-state index in [2.05, 4.69) is 17.0 Å². The van der Waals surface area contributed by atoms with Gasteiger partial charge in [0, 0.05) is 18.2 Å². The number of methoxy groups -OCH3 is 1. The largest absolute Gasteiger partial charge is 0.466 e. The zero-order valence-corrected chi connectivity index (χ0v) is 10.6. The summed E-state index contributed by atoms with van der Waals surface area (Å²) in [7, 11) is 1.41. The first kappa shape index (κ1) is 13.2. The van der Waals surface area contributed by atoms with E-state index < -0.39 is 0 Å². The van der Waals surface area contributed by atoms with Gasteiger partial charge in [0.2, 0.25) is 0 Å². The van der Waals surface area contributed by atoms with Crippen LogP contribution in [0, 0.1) is 5.92 Å². The Morgan fingerprint density at radius 3 is 2.75 bits per heavy atom. The van der Waals surface area contributed by atoms with Crippen LogP contribution in [0.5, 0.6) is 0 Å². The SMILES string of the molecule is COC(=O)C(C)=CCNC1CCCCC1C. The lowest BCUT2D eigenvalue weighted by molar-refractivity contribution is -0.136. The predicted molar refractivity (Wildman–Crippen MR) is 65.2 cm³/mol. The maximum atomic E-state index is 11.1. The smallest absolute Gasteiger partial charge is 0.333 e. The highest BCUT2D eigenvalue weighted by molar-refractivity contribution is 5.87. The molecule has 0 aromatic rings. The van der Waals surface area contributed by atoms with E-state index in [1.54, 1.807) is 6.92 Å². The van der Waals surface area contributed by atoms with Crippen LogP contribution in [0.3, 0.4) is 0 Å². The number of ether oxygens (including phenoxy) is 1. The van der Waals surface area contributed by atoms with E-state index in [0.29, 0.717) is 11.6 Å². The summed E-state index contributed by atoms with van der Waals surface area (Å²) in [6.07, 6.45) is 7.16. The number of carbonyl (C=O) groups excluding carboxylic acids is 1. The average molecular weight is 225 g/mol. The van der Waals surface area contributed by atoms with Gasteiger partial charge in [-0.25, -0.2) is 4.79 Å². The lowest BCUT2D eigenvalue weighted by atomic mass is 9.86. The van der Waals surface area contributed by atoms with E-state index in [-0.39, 0.29) is 5.97 Å². The van der Waals surface area contributed by atoms with Gasteiger partial charge >= 0.3 is 5.97 Å². The van der Waals surface area contributed by atoms with Crippen LogP contribution in [0.15, 0.2) is 11.6 Å². The number of hydrogen-bond donors (Lipinski definition) is 1. The standard InChI is InChI=1S/C13H23NO2/c1-10-6-4-5-7-12(10)14-9-8-11(2)13(15)16-3/h8,10,12,14H,4-7,9H2,1-3H3. The molecule has 0 spiro atoms. The molecule has 1 rings (SSSR count). The van der Waals surface area contributed by atoms with Crippen molar-refractivity contribution in [1.82, 2.24) is 5.32 Å². The van der Waals surface area contributed by atoms with Crippen LogP contribution < -0.4 is 5.32 Å². The van der Waals surface area contributed by atoms with E-state index in [1.807, 2.05) is 6.08 Å². The molecule has 0 aliphatic heterocycles. The van der Waals surface area contributed by atoms with E-state index in [9.17, 15) is 4.79 Å². The summed E-state index contributed by atoms with van der Waals surface area (Å²) in [6.45, 7) is 4.85. The van der Waals surface area contributed by atoms with Crippen LogP contribution in [0.1, 0.15) is 39.5 Å². The van der Waals surface area contributed by atoms with Gasteiger partial charge in [-0.15, -0.1) is 0 Å². The third-order valence-corrected chi connectivity index (χ3v) is 3.41. The highest BCUT2D eigenvalue weighted by Gasteiger charge is 2.19. The Balaban J connectivity index is 2.31. The fourth-order valence-electron chi connectivity index (χ4n) is 2.23. The lowest BCUT2D eigenvalue weighted by Gasteiger charge is -2.29. The third kappa shape index (κ3) is 3.97. The Labute approximate surface area is 98.2 Å². The van der Waals surface area contributed by atoms with Gasteiger partial charge in [0.1, 0.15) is 0 Å². The summed E-state index contributed by atoms with van der Waals surface area (Å²) < 4.78 is 4.64. The van der Waals surface area contributed by atoms with Gasteiger partial charge in [-0.1, -0.05) is 25.8 Å². The van der Waals surface area contributed by atoms with Crippen LogP contribution >= 0.6 is 0 Å². The Morgan fingerprint density at radius 2 is 2.12 bits per heavy atom. The molecule has 0 aromatic carbocycles. The molecule has 16 heavy (non-hydrogen) atoms. The number of esters is 1. The monoisotopic (exact) mass is 225 g/mol. The molecule has 2 atom stereocenters. The maximum Gasteiger partial charge on any atom is 0.333 e. The zero-order chi connectivity index (χ0) is 12.0. The van der Waals surface area contributed by atoms with Crippen LogP contribution in [-0.4, -0.2) is 25.7 Å². The molecule has 92 valence electrons. The zero-order valence-electron chi connectivity index (χ0n) is 10.6. The fourth-order valence-corrected chi connectivity index (χ4v) is 2.23. The molecule has 1 saturated carbocycles. The molecule has 0 saturated heterocycles. The fraction of sp³-hybridized carbons (Fsp3) is 0.769. The number of carbonyl (C=O) groups is 1. The highest BCUT2D eigenvalue weighted by atomic mass is 16.5. The molecule has 0 heterocycles. The second-order valence-electron chi connectivity index (χ2n) is 4.66. The summed E-state index contributed by atoms with van der Waals surface area (Å²) in [4.78, 5) is 11.1. The quantitative estimate of drug-likeness (QED) is 0.589. The molecule has 1 aliphatic rings. The summed E-state index contributed by atoms with van der Waals surface area (Å²) in [5.74, 6) is 0.513. The Kier molecular flexibility index (Phi) is 5.53. The molecule has 0 bridgehead atoms. The van der Waals surface area contributed by atoms with Gasteiger partial charge in [-0.3, -0.25) is 0 Å². The van der Waals surface area contributed by atoms with Gasteiger partial charge in [0.15, 0.2) is 0 Å². The first-order chi connectivity index (χ1) is 7.65. The molecule has 1 aliphatic carbocycles. The molecule has 1 fully saturated rings. The summed E-state index contributed by atoms with van der Waals surface area (Å²) >= 11 is 0. The molecule has 0 radical (unpaired) electrons. The van der Waals surface area contributed by atoms with Gasteiger partial charge in [0.05, 0.1) is 7.11 Å². The molecule has 3 heteroatoms. The highest BCUT2D eigenvalue weighted by Crippen LogP contribution is 2.23. The predicted octanol–water partition coefficient (Wildman–Crippen LogP) is 2.27. The van der Waals surface area contributed by atoms with E-state index >= 15 is 0 Å². The molecule has 0 amide bonds. The average Bonchev–Trinajstić information content (AvgIpc) is 2.30. The van der Waals surface area contributed by atoms with Gasteiger partial charge in [-0.05, 0) is 25.7 Å². The summed E-state index contributed by atoms with van der Waals surface area (Å²) in [5.41, 5.74) is 0.679. The Bertz CT molecular complexity index is 261. The maximum absolute atomic E-state index is 11.1. The van der Waals surface area contributed by atoms with Crippen molar-refractivity contribution >= 4 is 5.97 Å². The molecule has 2 unspecified atom stereocenters. The third-order valence-electron chi connectivity index (χ3n) is 3.41. The first-order valence-electron chi connectivity index (χ1n) is 6.13.